The molecule has 1 saturated carbocycles. The van der Waals surface area contributed by atoms with Crippen molar-refractivity contribution in [1.82, 2.24) is 0 Å². The van der Waals surface area contributed by atoms with Gasteiger partial charge in [0.25, 0.3) is 0 Å². The Kier molecular flexibility index (Phi) is 12.4. The zero-order valence-electron chi connectivity index (χ0n) is 16.2. The number of hydrogen-bond donors (Lipinski definition) is 1. The summed E-state index contributed by atoms with van der Waals surface area (Å²) in [6, 6.07) is 7.37. The third-order valence-corrected chi connectivity index (χ3v) is 3.64. The predicted molar refractivity (Wildman–Crippen MR) is 109 cm³/mol. The molecule has 5 radical (unpaired) electrons. The quantitative estimate of drug-likeness (QED) is 0.174. The van der Waals surface area contributed by atoms with Gasteiger partial charge in [-0.1, -0.05) is 30.4 Å². The summed E-state index contributed by atoms with van der Waals surface area (Å²) in [5.41, 5.74) is 1.16. The van der Waals surface area contributed by atoms with E-state index in [0.29, 0.717) is 5.75 Å². The molecule has 0 unspecified atom stereocenters. The number of aromatic hydroxyl groups is 1. The summed E-state index contributed by atoms with van der Waals surface area (Å²) in [7, 11) is -10.7. The minimum Gasteiger partial charge on any atom is -0.0312 e. The van der Waals surface area contributed by atoms with Gasteiger partial charge in [0.15, 0.2) is 0 Å². The number of benzene rings is 1. The summed E-state index contributed by atoms with van der Waals surface area (Å²) in [6.07, 6.45) is 18.4. The van der Waals surface area contributed by atoms with Gasteiger partial charge in [0, 0.05) is 22.5 Å². The molecule has 1 aromatic rings. The number of phenolic OH excluding ortho intramolecular Hbond substituents is 1. The summed E-state index contributed by atoms with van der Waals surface area (Å²) in [5, 5.41) is 9.35. The summed E-state index contributed by atoms with van der Waals surface area (Å²) in [6.45, 7) is 11.5. The molecular formula is C21H25F6FeOP-. The second-order valence-electron chi connectivity index (χ2n) is 6.23. The first-order valence-corrected chi connectivity index (χ1v) is 10.5. The van der Waals surface area contributed by atoms with E-state index >= 15 is 0 Å². The van der Waals surface area contributed by atoms with Crippen LogP contribution < -0.4 is 0 Å². The van der Waals surface area contributed by atoms with Gasteiger partial charge in [-0.25, -0.2) is 0 Å². The average Bonchev–Trinajstić information content (AvgIpc) is 3.13. The van der Waals surface area contributed by atoms with Gasteiger partial charge >= 0.3 is 33.0 Å². The smallest absolute Gasteiger partial charge is 0 e. The summed E-state index contributed by atoms with van der Waals surface area (Å²) < 4.78 is 59.2. The molecule has 1 aliphatic carbocycles. The van der Waals surface area contributed by atoms with E-state index in [1.54, 1.807) is 12.1 Å². The van der Waals surface area contributed by atoms with Gasteiger partial charge in [-0.15, -0.1) is 19.7 Å². The number of halogens is 6. The van der Waals surface area contributed by atoms with Crippen LogP contribution in [0.5, 0.6) is 5.75 Å². The van der Waals surface area contributed by atoms with Crippen molar-refractivity contribution in [3.8, 4) is 5.75 Å². The number of hydrogen-bond acceptors (Lipinski definition) is 1. The van der Waals surface area contributed by atoms with E-state index in [0.717, 1.165) is 19.3 Å². The fourth-order valence-electron chi connectivity index (χ4n) is 2.57. The molecule has 1 aliphatic rings. The molecule has 1 nitrogen and oxygen atoms in total. The number of rotatable bonds is 7. The predicted octanol–water partition coefficient (Wildman–Crippen LogP) is 8.76. The largest absolute Gasteiger partial charge is 0.0312 e. The van der Waals surface area contributed by atoms with Gasteiger partial charge in [-0.05, 0) is 69.1 Å². The molecule has 2 rings (SSSR count). The summed E-state index contributed by atoms with van der Waals surface area (Å²) >= 11 is 0. The standard InChI is InChI=1S/C16H20O.C5H5.F6P.Fe/c1-4-11-16(12-5-2,13-6-3)14-7-9-15(17)10-8-14;1-2-4-5-3-1;1-7(2,3,4,5)6;/h4-10,17H,1-3,11-13H2;1-5H;;/q;;-1;. The summed E-state index contributed by atoms with van der Waals surface area (Å²) in [5.74, 6) is 0.290. The first kappa shape index (κ1) is 31.0. The maximum absolute atomic E-state index is 10.7. The Hall–Kier alpha value is -1.23. The normalized spacial score (nSPS) is 15.5. The maximum Gasteiger partial charge on any atom is 0 e. The molecule has 1 aromatic carbocycles. The molecule has 0 spiro atoms. The van der Waals surface area contributed by atoms with Crippen molar-refractivity contribution < 1.29 is 47.4 Å². The molecule has 0 aliphatic heterocycles. The molecule has 9 heteroatoms. The second-order valence-corrected chi connectivity index (χ2v) is 8.14. The van der Waals surface area contributed by atoms with E-state index in [9.17, 15) is 30.3 Å². The van der Waals surface area contributed by atoms with Crippen molar-refractivity contribution in [2.24, 2.45) is 0 Å². The van der Waals surface area contributed by atoms with Crippen LogP contribution in [-0.2, 0) is 22.5 Å². The van der Waals surface area contributed by atoms with Gasteiger partial charge in [0.2, 0.25) is 0 Å². The topological polar surface area (TPSA) is 20.2 Å². The third kappa shape index (κ3) is 17.6. The Labute approximate surface area is 185 Å². The molecule has 0 saturated heterocycles. The first-order valence-electron chi connectivity index (χ1n) is 8.49. The Morgan fingerprint density at radius 3 is 1.20 bits per heavy atom. The fourth-order valence-corrected chi connectivity index (χ4v) is 2.57. The SMILES string of the molecule is C=CCC(CC=C)(CC=C)c1ccc(O)cc1.F[P-](F)(F)(F)(F)F.[CH]1[CH][CH][CH][CH]1.[Fe]. The van der Waals surface area contributed by atoms with Crippen molar-refractivity contribution in [2.75, 3.05) is 0 Å². The van der Waals surface area contributed by atoms with E-state index < -0.39 is 7.81 Å². The van der Waals surface area contributed by atoms with Gasteiger partial charge in [0.1, 0.15) is 5.75 Å². The van der Waals surface area contributed by atoms with Gasteiger partial charge < -0.3 is 5.11 Å². The average molecular weight is 494 g/mol. The van der Waals surface area contributed by atoms with Crippen LogP contribution >= 0.6 is 7.81 Å². The van der Waals surface area contributed by atoms with Crippen LogP contribution in [0.25, 0.3) is 0 Å². The van der Waals surface area contributed by atoms with E-state index in [4.69, 9.17) is 0 Å². The zero-order chi connectivity index (χ0) is 22.7. The minimum atomic E-state index is -10.7. The minimum absolute atomic E-state index is 0. The molecule has 0 atom stereocenters. The molecular weight excluding hydrogens is 469 g/mol. The Morgan fingerprint density at radius 1 is 0.700 bits per heavy atom. The summed E-state index contributed by atoms with van der Waals surface area (Å²) in [4.78, 5) is 0. The molecule has 30 heavy (non-hydrogen) atoms. The second kappa shape index (κ2) is 12.0. The molecule has 1 N–H and O–H groups in total. The number of phenols is 1. The fraction of sp³-hybridized carbons (Fsp3) is 0.190. The molecule has 0 bridgehead atoms. The van der Waals surface area contributed by atoms with Crippen molar-refractivity contribution in [3.05, 3.63) is 99.9 Å². The first-order chi connectivity index (χ1) is 13.1. The van der Waals surface area contributed by atoms with Crippen LogP contribution in [0.15, 0.2) is 62.2 Å². The third-order valence-electron chi connectivity index (χ3n) is 3.64. The molecule has 0 aromatic heterocycles. The van der Waals surface area contributed by atoms with Gasteiger partial charge in [-0.2, -0.15) is 0 Å². The molecule has 1 fully saturated rings. The van der Waals surface area contributed by atoms with Crippen LogP contribution in [-0.4, -0.2) is 5.11 Å². The van der Waals surface area contributed by atoms with Crippen LogP contribution in [0.4, 0.5) is 25.2 Å². The van der Waals surface area contributed by atoms with Crippen molar-refractivity contribution in [2.45, 2.75) is 24.7 Å². The molecule has 171 valence electrons. The van der Waals surface area contributed by atoms with Crippen molar-refractivity contribution in [3.63, 3.8) is 0 Å². The Morgan fingerprint density at radius 2 is 0.967 bits per heavy atom. The Bertz CT molecular complexity index is 606. The van der Waals surface area contributed by atoms with E-state index in [-0.39, 0.29) is 22.5 Å². The van der Waals surface area contributed by atoms with E-state index in [2.05, 4.69) is 19.7 Å². The molecule has 0 amide bonds. The van der Waals surface area contributed by atoms with Crippen LogP contribution in [0.3, 0.4) is 0 Å². The monoisotopic (exact) mass is 494 g/mol. The van der Waals surface area contributed by atoms with E-state index in [1.807, 2.05) is 62.5 Å². The van der Waals surface area contributed by atoms with Gasteiger partial charge in [-0.3, -0.25) is 0 Å². The van der Waals surface area contributed by atoms with Crippen molar-refractivity contribution >= 4 is 7.81 Å². The van der Waals surface area contributed by atoms with Crippen LogP contribution in [0.2, 0.25) is 0 Å². The Balaban J connectivity index is 0. The molecule has 0 heterocycles. The van der Waals surface area contributed by atoms with E-state index in [1.165, 1.54) is 5.56 Å². The maximum atomic E-state index is 9.87. The van der Waals surface area contributed by atoms with Crippen LogP contribution in [0.1, 0.15) is 24.8 Å². The zero-order valence-corrected chi connectivity index (χ0v) is 18.2. The van der Waals surface area contributed by atoms with Crippen molar-refractivity contribution in [1.29, 1.82) is 0 Å². The van der Waals surface area contributed by atoms with Crippen LogP contribution in [0, 0.1) is 32.1 Å². The number of allylic oxidation sites excluding steroid dienone is 3. The van der Waals surface area contributed by atoms with Gasteiger partial charge in [0.05, 0.1) is 0 Å².